The minimum Gasteiger partial charge on any atom is -0.383 e. The van der Waals surface area contributed by atoms with E-state index in [9.17, 15) is 5.11 Å². The summed E-state index contributed by atoms with van der Waals surface area (Å²) in [6, 6.07) is 2.91. The van der Waals surface area contributed by atoms with E-state index in [-0.39, 0.29) is 0 Å². The second-order valence-corrected chi connectivity index (χ2v) is 8.38. The molecule has 0 bridgehead atoms. The molecule has 2 aromatic rings. The molecule has 1 aliphatic carbocycles. The molecular weight excluding hydrogens is 356 g/mol. The van der Waals surface area contributed by atoms with Gasteiger partial charge in [-0.25, -0.2) is 9.97 Å². The summed E-state index contributed by atoms with van der Waals surface area (Å²) >= 11 is 7.58. The van der Waals surface area contributed by atoms with Crippen molar-refractivity contribution in [2.45, 2.75) is 57.2 Å². The molecule has 5 nitrogen and oxygen atoms in total. The van der Waals surface area contributed by atoms with E-state index in [0.29, 0.717) is 22.2 Å². The van der Waals surface area contributed by atoms with E-state index in [1.165, 1.54) is 24.2 Å². The smallest absolute Gasteiger partial charge is 0.131 e. The third-order valence-corrected chi connectivity index (χ3v) is 6.03. The van der Waals surface area contributed by atoms with Gasteiger partial charge in [0.2, 0.25) is 0 Å². The Morgan fingerprint density at radius 3 is 2.52 bits per heavy atom. The predicted molar refractivity (Wildman–Crippen MR) is 104 cm³/mol. The molecule has 3 rings (SSSR count). The van der Waals surface area contributed by atoms with Crippen LogP contribution in [0.1, 0.15) is 44.5 Å². The first-order valence-electron chi connectivity index (χ1n) is 8.65. The number of rotatable bonds is 5. The third-order valence-electron chi connectivity index (χ3n) is 4.67. The Hall–Kier alpha value is -1.21. The van der Waals surface area contributed by atoms with E-state index < -0.39 is 5.60 Å². The Morgan fingerprint density at radius 1 is 1.24 bits per heavy atom. The van der Waals surface area contributed by atoms with E-state index in [1.807, 2.05) is 18.5 Å². The molecule has 0 aromatic carbocycles. The Kier molecular flexibility index (Phi) is 5.63. The summed E-state index contributed by atoms with van der Waals surface area (Å²) in [5, 5.41) is 20.3. The highest BCUT2D eigenvalue weighted by Crippen LogP contribution is 2.34. The highest BCUT2D eigenvalue weighted by Gasteiger charge is 2.23. The number of thiazole rings is 1. The molecular formula is C18H25ClN4OS. The highest BCUT2D eigenvalue weighted by molar-refractivity contribution is 7.10. The molecule has 136 valence electrons. The van der Waals surface area contributed by atoms with Gasteiger partial charge in [0.15, 0.2) is 0 Å². The second kappa shape index (κ2) is 7.58. The van der Waals surface area contributed by atoms with Gasteiger partial charge in [0.05, 0.1) is 5.69 Å². The molecule has 0 amide bonds. The van der Waals surface area contributed by atoms with Crippen LogP contribution in [-0.4, -0.2) is 34.2 Å². The van der Waals surface area contributed by atoms with Crippen LogP contribution in [0.5, 0.6) is 0 Å². The van der Waals surface area contributed by atoms with Gasteiger partial charge in [0.25, 0.3) is 0 Å². The topological polar surface area (TPSA) is 70.1 Å². The van der Waals surface area contributed by atoms with Crippen LogP contribution >= 0.6 is 22.9 Å². The van der Waals surface area contributed by atoms with Crippen LogP contribution in [-0.2, 0) is 5.60 Å². The first-order valence-corrected chi connectivity index (χ1v) is 9.90. The average molecular weight is 381 g/mol. The van der Waals surface area contributed by atoms with Crippen molar-refractivity contribution in [1.82, 2.24) is 15.3 Å². The number of nitrogens with zero attached hydrogens (tertiary/aromatic N) is 2. The van der Waals surface area contributed by atoms with Crippen LogP contribution in [0.4, 0.5) is 5.69 Å². The van der Waals surface area contributed by atoms with Gasteiger partial charge in [-0.05, 0) is 52.6 Å². The summed E-state index contributed by atoms with van der Waals surface area (Å²) in [4.78, 5) is 8.82. The summed E-state index contributed by atoms with van der Waals surface area (Å²) in [6.45, 7) is 3.49. The maximum Gasteiger partial charge on any atom is 0.131 e. The number of aliphatic hydroxyl groups is 1. The number of hydrogen-bond acceptors (Lipinski definition) is 6. The molecule has 7 heteroatoms. The lowest BCUT2D eigenvalue weighted by atomic mass is 9.91. The van der Waals surface area contributed by atoms with Crippen molar-refractivity contribution in [3.8, 4) is 11.3 Å². The van der Waals surface area contributed by atoms with Crippen LogP contribution in [0.25, 0.3) is 11.3 Å². The molecule has 0 atom stereocenters. The lowest BCUT2D eigenvalue weighted by Gasteiger charge is -2.30. The number of hydrogen-bond donors (Lipinski definition) is 3. The summed E-state index contributed by atoms with van der Waals surface area (Å²) in [5.74, 6) is 0. The maximum absolute atomic E-state index is 10.2. The molecule has 0 aliphatic heterocycles. The third kappa shape index (κ3) is 4.50. The number of pyridine rings is 1. The number of halogens is 1. The van der Waals surface area contributed by atoms with Crippen molar-refractivity contribution in [2.75, 3.05) is 12.4 Å². The quantitative estimate of drug-likeness (QED) is 0.683. The first-order chi connectivity index (χ1) is 11.9. The molecule has 2 aromatic heterocycles. The lowest BCUT2D eigenvalue weighted by Crippen LogP contribution is -2.35. The van der Waals surface area contributed by atoms with E-state index in [1.54, 1.807) is 20.0 Å². The molecule has 0 unspecified atom stereocenters. The van der Waals surface area contributed by atoms with Crippen LogP contribution in [0.3, 0.4) is 0 Å². The number of aromatic nitrogens is 2. The van der Waals surface area contributed by atoms with Crippen LogP contribution in [0.2, 0.25) is 5.15 Å². The molecule has 1 aliphatic rings. The Labute approximate surface area is 157 Å². The Bertz CT molecular complexity index is 720. The largest absolute Gasteiger partial charge is 0.383 e. The van der Waals surface area contributed by atoms with Gasteiger partial charge in [0.1, 0.15) is 15.8 Å². The Balaban J connectivity index is 1.82. The second-order valence-electron chi connectivity index (χ2n) is 7.13. The maximum atomic E-state index is 10.2. The van der Waals surface area contributed by atoms with E-state index >= 15 is 0 Å². The molecule has 25 heavy (non-hydrogen) atoms. The van der Waals surface area contributed by atoms with Crippen molar-refractivity contribution in [1.29, 1.82) is 0 Å². The summed E-state index contributed by atoms with van der Waals surface area (Å²) in [6.07, 6.45) is 6.34. The van der Waals surface area contributed by atoms with E-state index in [0.717, 1.165) is 29.8 Å². The molecule has 1 fully saturated rings. The fourth-order valence-electron chi connectivity index (χ4n) is 3.18. The fraction of sp³-hybridized carbons (Fsp3) is 0.556. The SMILES string of the molecule is CNC1CCC(Nc2cc(Cl)ncc2-c2csc(C(C)(C)O)n2)CC1. The zero-order valence-electron chi connectivity index (χ0n) is 14.8. The van der Waals surface area contributed by atoms with E-state index in [2.05, 4.69) is 20.6 Å². The molecule has 0 saturated heterocycles. The lowest BCUT2D eigenvalue weighted by molar-refractivity contribution is 0.0783. The number of nitrogens with one attached hydrogen (secondary N) is 2. The zero-order valence-corrected chi connectivity index (χ0v) is 16.4. The van der Waals surface area contributed by atoms with Crippen LogP contribution in [0.15, 0.2) is 17.6 Å². The molecule has 1 saturated carbocycles. The van der Waals surface area contributed by atoms with Crippen molar-refractivity contribution >= 4 is 28.6 Å². The molecule has 0 radical (unpaired) electrons. The van der Waals surface area contributed by atoms with Crippen LogP contribution < -0.4 is 10.6 Å². The minimum atomic E-state index is -0.943. The normalized spacial score (nSPS) is 21.3. The van der Waals surface area contributed by atoms with Gasteiger partial charge in [-0.15, -0.1) is 11.3 Å². The predicted octanol–water partition coefficient (Wildman–Crippen LogP) is 4.03. The van der Waals surface area contributed by atoms with Crippen molar-refractivity contribution in [3.05, 3.63) is 27.8 Å². The van der Waals surface area contributed by atoms with Gasteiger partial charge in [-0.2, -0.15) is 0 Å². The van der Waals surface area contributed by atoms with Gasteiger partial charge >= 0.3 is 0 Å². The minimum absolute atomic E-state index is 0.425. The van der Waals surface area contributed by atoms with Gasteiger partial charge in [-0.1, -0.05) is 11.6 Å². The van der Waals surface area contributed by atoms with Gasteiger partial charge < -0.3 is 15.7 Å². The van der Waals surface area contributed by atoms with E-state index in [4.69, 9.17) is 11.6 Å². The molecule has 3 N–H and O–H groups in total. The standard InChI is InChI=1S/C18H25ClN4OS/c1-18(2,24)17-23-15(10-25-17)13-9-21-16(19)8-14(13)22-12-6-4-11(20-3)5-7-12/h8-12,20,24H,4-7H2,1-3H3,(H,21,22). The molecule has 2 heterocycles. The fourth-order valence-corrected chi connectivity index (χ4v) is 4.18. The van der Waals surface area contributed by atoms with Crippen molar-refractivity contribution in [3.63, 3.8) is 0 Å². The molecule has 0 spiro atoms. The summed E-state index contributed by atoms with van der Waals surface area (Å²) in [5.41, 5.74) is 1.76. The van der Waals surface area contributed by atoms with Crippen LogP contribution in [0, 0.1) is 0 Å². The Morgan fingerprint density at radius 2 is 1.92 bits per heavy atom. The van der Waals surface area contributed by atoms with Crippen molar-refractivity contribution < 1.29 is 5.11 Å². The van der Waals surface area contributed by atoms with Gasteiger partial charge in [-0.3, -0.25) is 0 Å². The summed E-state index contributed by atoms with van der Waals surface area (Å²) in [7, 11) is 2.03. The van der Waals surface area contributed by atoms with Crippen molar-refractivity contribution in [2.24, 2.45) is 0 Å². The number of anilines is 1. The summed E-state index contributed by atoms with van der Waals surface area (Å²) < 4.78 is 0. The zero-order chi connectivity index (χ0) is 18.0. The average Bonchev–Trinajstić information content (AvgIpc) is 3.06. The van der Waals surface area contributed by atoms with Gasteiger partial charge in [0, 0.05) is 34.9 Å². The first kappa shape index (κ1) is 18.6. The monoisotopic (exact) mass is 380 g/mol. The highest BCUT2D eigenvalue weighted by atomic mass is 35.5.